The van der Waals surface area contributed by atoms with Crippen LogP contribution in [0.3, 0.4) is 0 Å². The van der Waals surface area contributed by atoms with Gasteiger partial charge in [0.15, 0.2) is 0 Å². The first-order chi connectivity index (χ1) is 12.6. The van der Waals surface area contributed by atoms with Crippen molar-refractivity contribution in [2.75, 3.05) is 0 Å². The van der Waals surface area contributed by atoms with Crippen molar-refractivity contribution in [3.05, 3.63) is 71.8 Å². The number of carbonyl (C=O) groups excluding carboxylic acids is 2. The topological polar surface area (TPSA) is 76.7 Å². The van der Waals surface area contributed by atoms with Gasteiger partial charge in [-0.1, -0.05) is 60.7 Å². The molecular formula is C20H20N2O4. The Morgan fingerprint density at radius 1 is 0.654 bits per heavy atom. The summed E-state index contributed by atoms with van der Waals surface area (Å²) < 4.78 is 0. The fourth-order valence-electron chi connectivity index (χ4n) is 3.04. The van der Waals surface area contributed by atoms with Gasteiger partial charge in [0.05, 0.1) is 11.1 Å². The van der Waals surface area contributed by atoms with Gasteiger partial charge in [-0.25, -0.2) is 9.59 Å². The van der Waals surface area contributed by atoms with Crippen LogP contribution in [0.25, 0.3) is 0 Å². The van der Waals surface area contributed by atoms with Crippen molar-refractivity contribution in [1.29, 1.82) is 0 Å². The van der Waals surface area contributed by atoms with Gasteiger partial charge in [-0.15, -0.1) is 11.0 Å². The average Bonchev–Trinajstić information content (AvgIpc) is 3.62. The number of hydroxylamine groups is 2. The Balaban J connectivity index is 1.29. The summed E-state index contributed by atoms with van der Waals surface area (Å²) in [5.74, 6) is -2.13. The molecule has 6 heteroatoms. The number of hydrogen-bond donors (Lipinski definition) is 2. The van der Waals surface area contributed by atoms with E-state index in [2.05, 4.69) is 11.0 Å². The average molecular weight is 352 g/mol. The van der Waals surface area contributed by atoms with Gasteiger partial charge in [0, 0.05) is 0 Å². The Morgan fingerprint density at radius 3 is 1.31 bits per heavy atom. The molecule has 2 N–H and O–H groups in total. The third kappa shape index (κ3) is 3.34. The van der Waals surface area contributed by atoms with Crippen molar-refractivity contribution >= 4 is 11.9 Å². The van der Waals surface area contributed by atoms with Gasteiger partial charge in [-0.05, 0) is 36.8 Å². The van der Waals surface area contributed by atoms with Crippen LogP contribution in [0.4, 0.5) is 0 Å². The maximum atomic E-state index is 11.9. The second-order valence-electron chi connectivity index (χ2n) is 6.88. The maximum absolute atomic E-state index is 11.9. The number of nitrogens with one attached hydrogen (secondary N) is 2. The highest BCUT2D eigenvalue weighted by molar-refractivity contribution is 6.29. The zero-order valence-corrected chi connectivity index (χ0v) is 14.2. The highest BCUT2D eigenvalue weighted by Gasteiger charge is 2.47. The number of carbonyl (C=O) groups is 2. The molecule has 134 valence electrons. The molecule has 2 aromatic carbocycles. The normalized spacial score (nSPS) is 18.6. The zero-order valence-electron chi connectivity index (χ0n) is 14.2. The van der Waals surface area contributed by atoms with Crippen LogP contribution < -0.4 is 11.0 Å². The summed E-state index contributed by atoms with van der Waals surface area (Å²) in [5.41, 5.74) is 6.73. The van der Waals surface area contributed by atoms with Crippen LogP contribution in [0.5, 0.6) is 0 Å². The van der Waals surface area contributed by atoms with Gasteiger partial charge in [-0.2, -0.15) is 0 Å². The zero-order chi connectivity index (χ0) is 18.0. The summed E-state index contributed by atoms with van der Waals surface area (Å²) in [5, 5.41) is 0. The second-order valence-corrected chi connectivity index (χ2v) is 6.88. The Labute approximate surface area is 151 Å². The predicted molar refractivity (Wildman–Crippen MR) is 93.2 cm³/mol. The van der Waals surface area contributed by atoms with E-state index < -0.39 is 23.0 Å². The van der Waals surface area contributed by atoms with E-state index in [0.29, 0.717) is 0 Å². The number of hydrogen-bond acceptors (Lipinski definition) is 6. The van der Waals surface area contributed by atoms with Gasteiger partial charge in [0.25, 0.3) is 0 Å². The standard InChI is InChI=1S/C20H20N2O4/c23-17(25-21-19(11-12-19)15-7-3-1-4-8-15)18(24)26-22-20(13-14-20)16-9-5-2-6-10-16/h1-10,21-22H,11-14H2. The maximum Gasteiger partial charge on any atom is 0.437 e. The minimum Gasteiger partial charge on any atom is -0.361 e. The molecule has 0 saturated heterocycles. The first-order valence-corrected chi connectivity index (χ1v) is 8.71. The highest BCUT2D eigenvalue weighted by atomic mass is 16.7. The molecule has 0 radical (unpaired) electrons. The molecule has 0 aromatic heterocycles. The molecule has 4 rings (SSSR count). The fraction of sp³-hybridized carbons (Fsp3) is 0.300. The van der Waals surface area contributed by atoms with Crippen LogP contribution in [0.2, 0.25) is 0 Å². The van der Waals surface area contributed by atoms with Crippen molar-refractivity contribution in [3.63, 3.8) is 0 Å². The van der Waals surface area contributed by atoms with E-state index in [-0.39, 0.29) is 0 Å². The molecule has 0 unspecified atom stereocenters. The first kappa shape index (κ1) is 16.8. The summed E-state index contributed by atoms with van der Waals surface area (Å²) in [6, 6.07) is 19.4. The SMILES string of the molecule is O=C(ONC1(c2ccccc2)CC1)C(=O)ONC1(c2ccccc2)CC1. The van der Waals surface area contributed by atoms with E-state index in [1.807, 2.05) is 60.7 Å². The van der Waals surface area contributed by atoms with E-state index in [4.69, 9.17) is 9.68 Å². The Kier molecular flexibility index (Phi) is 4.22. The minimum absolute atomic E-state index is 0.396. The smallest absolute Gasteiger partial charge is 0.361 e. The summed E-state index contributed by atoms with van der Waals surface area (Å²) in [6.45, 7) is 0. The Hall–Kier alpha value is -2.70. The van der Waals surface area contributed by atoms with Gasteiger partial charge < -0.3 is 9.68 Å². The van der Waals surface area contributed by atoms with E-state index in [1.165, 1.54) is 0 Å². The summed E-state index contributed by atoms with van der Waals surface area (Å²) in [7, 11) is 0. The Morgan fingerprint density at radius 2 is 1.00 bits per heavy atom. The molecule has 6 nitrogen and oxygen atoms in total. The molecule has 0 spiro atoms. The van der Waals surface area contributed by atoms with Crippen molar-refractivity contribution in [1.82, 2.24) is 11.0 Å². The van der Waals surface area contributed by atoms with Crippen LogP contribution in [0.15, 0.2) is 60.7 Å². The summed E-state index contributed by atoms with van der Waals surface area (Å²) in [6.07, 6.45) is 3.37. The van der Waals surface area contributed by atoms with Gasteiger partial charge in [-0.3, -0.25) is 0 Å². The molecule has 2 aromatic rings. The summed E-state index contributed by atoms with van der Waals surface area (Å²) >= 11 is 0. The van der Waals surface area contributed by atoms with Crippen molar-refractivity contribution in [3.8, 4) is 0 Å². The number of benzene rings is 2. The largest absolute Gasteiger partial charge is 0.437 e. The second kappa shape index (κ2) is 6.55. The van der Waals surface area contributed by atoms with Crippen molar-refractivity contribution in [2.45, 2.75) is 36.8 Å². The fourth-order valence-corrected chi connectivity index (χ4v) is 3.04. The molecule has 2 fully saturated rings. The predicted octanol–water partition coefficient (Wildman–Crippen LogP) is 2.46. The lowest BCUT2D eigenvalue weighted by atomic mass is 10.1. The lowest BCUT2D eigenvalue weighted by Crippen LogP contribution is -2.38. The molecular weight excluding hydrogens is 332 g/mol. The van der Waals surface area contributed by atoms with Gasteiger partial charge >= 0.3 is 11.9 Å². The van der Waals surface area contributed by atoms with E-state index in [0.717, 1.165) is 36.8 Å². The lowest BCUT2D eigenvalue weighted by molar-refractivity contribution is -0.179. The minimum atomic E-state index is -1.07. The third-order valence-corrected chi connectivity index (χ3v) is 5.00. The van der Waals surface area contributed by atoms with Crippen molar-refractivity contribution in [2.24, 2.45) is 0 Å². The van der Waals surface area contributed by atoms with Crippen LogP contribution in [0.1, 0.15) is 36.8 Å². The summed E-state index contributed by atoms with van der Waals surface area (Å²) in [4.78, 5) is 33.8. The van der Waals surface area contributed by atoms with Crippen molar-refractivity contribution < 1.29 is 19.3 Å². The van der Waals surface area contributed by atoms with Gasteiger partial charge in [0.2, 0.25) is 0 Å². The monoisotopic (exact) mass is 352 g/mol. The van der Waals surface area contributed by atoms with Crippen LogP contribution >= 0.6 is 0 Å². The van der Waals surface area contributed by atoms with E-state index >= 15 is 0 Å². The van der Waals surface area contributed by atoms with E-state index in [9.17, 15) is 9.59 Å². The van der Waals surface area contributed by atoms with Crippen LogP contribution in [-0.4, -0.2) is 11.9 Å². The quantitative estimate of drug-likeness (QED) is 0.614. The Bertz CT molecular complexity index is 730. The van der Waals surface area contributed by atoms with Crippen LogP contribution in [-0.2, 0) is 30.3 Å². The molecule has 2 saturated carbocycles. The molecule has 0 atom stereocenters. The first-order valence-electron chi connectivity index (χ1n) is 8.71. The molecule has 0 bridgehead atoms. The number of rotatable bonds is 6. The molecule has 0 heterocycles. The molecule has 2 aliphatic carbocycles. The van der Waals surface area contributed by atoms with E-state index in [1.54, 1.807) is 0 Å². The molecule has 26 heavy (non-hydrogen) atoms. The lowest BCUT2D eigenvalue weighted by Gasteiger charge is -2.18. The molecule has 0 aliphatic heterocycles. The van der Waals surface area contributed by atoms with Gasteiger partial charge in [0.1, 0.15) is 0 Å². The molecule has 0 amide bonds. The molecule has 2 aliphatic rings. The highest BCUT2D eigenvalue weighted by Crippen LogP contribution is 2.46. The van der Waals surface area contributed by atoms with Crippen LogP contribution in [0, 0.1) is 0 Å². The third-order valence-electron chi connectivity index (χ3n) is 5.00.